The Kier molecular flexibility index (Phi) is 2.95. The Hall–Kier alpha value is -2.10. The number of aromatic nitrogens is 2. The van der Waals surface area contributed by atoms with Crippen LogP contribution in [0.15, 0.2) is 24.5 Å². The number of carbonyl (C=O) groups excluding carboxylic acids is 1. The van der Waals surface area contributed by atoms with Crippen LogP contribution in [0.2, 0.25) is 0 Å². The van der Waals surface area contributed by atoms with Gasteiger partial charge in [0, 0.05) is 23.5 Å². The van der Waals surface area contributed by atoms with E-state index in [2.05, 4.69) is 9.97 Å². The molecule has 0 radical (unpaired) electrons. The first kappa shape index (κ1) is 11.4. The molecular formula is C13H15N3O. The highest BCUT2D eigenvalue weighted by Gasteiger charge is 2.13. The Labute approximate surface area is 99.9 Å². The van der Waals surface area contributed by atoms with Crippen molar-refractivity contribution in [3.8, 4) is 11.4 Å². The summed E-state index contributed by atoms with van der Waals surface area (Å²) in [5.41, 5.74) is 8.86. The van der Waals surface area contributed by atoms with Crippen LogP contribution in [-0.4, -0.2) is 15.9 Å². The predicted molar refractivity (Wildman–Crippen MR) is 66.7 cm³/mol. The number of H-pyrrole nitrogens is 1. The summed E-state index contributed by atoms with van der Waals surface area (Å²) in [4.78, 5) is 18.7. The number of nitrogens with one attached hydrogen (secondary N) is 1. The largest absolute Gasteiger partial charge is 0.366 e. The molecule has 0 saturated heterocycles. The van der Waals surface area contributed by atoms with Gasteiger partial charge in [-0.05, 0) is 36.6 Å². The van der Waals surface area contributed by atoms with Gasteiger partial charge in [0.25, 0.3) is 0 Å². The Balaban J connectivity index is 2.60. The molecule has 4 heteroatoms. The topological polar surface area (TPSA) is 71.8 Å². The zero-order chi connectivity index (χ0) is 12.4. The zero-order valence-corrected chi connectivity index (χ0v) is 9.95. The fourth-order valence-corrected chi connectivity index (χ4v) is 2.05. The van der Waals surface area contributed by atoms with E-state index in [1.165, 1.54) is 0 Å². The standard InChI is InChI=1S/C13H15N3O/c1-3-9-7-10(13-15-4-5-16-13)6-8(2)11(9)12(14)17/h4-7H,3H2,1-2H3,(H2,14,17)(H,15,16). The number of nitrogens with zero attached hydrogens (tertiary/aromatic N) is 1. The molecule has 88 valence electrons. The van der Waals surface area contributed by atoms with E-state index in [0.717, 1.165) is 28.9 Å². The van der Waals surface area contributed by atoms with Gasteiger partial charge in [-0.15, -0.1) is 0 Å². The number of hydrogen-bond donors (Lipinski definition) is 2. The lowest BCUT2D eigenvalue weighted by molar-refractivity contribution is 0.0999. The second-order valence-electron chi connectivity index (χ2n) is 3.98. The Morgan fingerprint density at radius 3 is 2.76 bits per heavy atom. The number of aryl methyl sites for hydroxylation is 2. The summed E-state index contributed by atoms with van der Waals surface area (Å²) in [6, 6.07) is 3.89. The van der Waals surface area contributed by atoms with E-state index in [1.54, 1.807) is 12.4 Å². The molecule has 0 aliphatic carbocycles. The Morgan fingerprint density at radius 1 is 1.47 bits per heavy atom. The van der Waals surface area contributed by atoms with Crippen LogP contribution in [-0.2, 0) is 6.42 Å². The van der Waals surface area contributed by atoms with Gasteiger partial charge in [-0.1, -0.05) is 6.92 Å². The van der Waals surface area contributed by atoms with Gasteiger partial charge in [0.05, 0.1) is 0 Å². The molecule has 0 bridgehead atoms. The number of rotatable bonds is 3. The number of benzene rings is 1. The van der Waals surface area contributed by atoms with Gasteiger partial charge >= 0.3 is 0 Å². The number of imidazole rings is 1. The number of hydrogen-bond acceptors (Lipinski definition) is 2. The highest BCUT2D eigenvalue weighted by atomic mass is 16.1. The molecule has 0 aliphatic heterocycles. The molecule has 17 heavy (non-hydrogen) atoms. The minimum atomic E-state index is -0.370. The Bertz CT molecular complexity index is 544. The Morgan fingerprint density at radius 2 is 2.24 bits per heavy atom. The summed E-state index contributed by atoms with van der Waals surface area (Å²) in [7, 11) is 0. The number of carbonyl (C=O) groups is 1. The minimum Gasteiger partial charge on any atom is -0.366 e. The first-order valence-corrected chi connectivity index (χ1v) is 5.56. The maximum atomic E-state index is 11.4. The predicted octanol–water partition coefficient (Wildman–Crippen LogP) is 2.05. The highest BCUT2D eigenvalue weighted by Crippen LogP contribution is 2.23. The van der Waals surface area contributed by atoms with E-state index >= 15 is 0 Å². The van der Waals surface area contributed by atoms with E-state index in [0.29, 0.717) is 5.56 Å². The number of nitrogens with two attached hydrogens (primary N) is 1. The van der Waals surface area contributed by atoms with Gasteiger partial charge in [-0.3, -0.25) is 4.79 Å². The van der Waals surface area contributed by atoms with Crippen LogP contribution < -0.4 is 5.73 Å². The molecule has 0 atom stereocenters. The van der Waals surface area contributed by atoms with E-state index in [9.17, 15) is 4.79 Å². The maximum Gasteiger partial charge on any atom is 0.249 e. The van der Waals surface area contributed by atoms with Crippen LogP contribution in [0, 0.1) is 6.92 Å². The van der Waals surface area contributed by atoms with Gasteiger partial charge in [0.15, 0.2) is 0 Å². The van der Waals surface area contributed by atoms with Crippen LogP contribution in [0.3, 0.4) is 0 Å². The average molecular weight is 229 g/mol. The quantitative estimate of drug-likeness (QED) is 0.845. The summed E-state index contributed by atoms with van der Waals surface area (Å²) >= 11 is 0. The molecule has 0 fully saturated rings. The van der Waals surface area contributed by atoms with E-state index in [4.69, 9.17) is 5.73 Å². The number of aromatic amines is 1. The van der Waals surface area contributed by atoms with Crippen molar-refractivity contribution in [2.24, 2.45) is 5.73 Å². The lowest BCUT2D eigenvalue weighted by Gasteiger charge is -2.10. The molecule has 1 aromatic heterocycles. The van der Waals surface area contributed by atoms with E-state index in [-0.39, 0.29) is 5.91 Å². The van der Waals surface area contributed by atoms with Crippen molar-refractivity contribution in [1.29, 1.82) is 0 Å². The smallest absolute Gasteiger partial charge is 0.249 e. The summed E-state index contributed by atoms with van der Waals surface area (Å²) < 4.78 is 0. The van der Waals surface area contributed by atoms with Gasteiger partial charge in [-0.2, -0.15) is 0 Å². The number of primary amides is 1. The van der Waals surface area contributed by atoms with Crippen molar-refractivity contribution in [1.82, 2.24) is 9.97 Å². The SMILES string of the molecule is CCc1cc(-c2ncc[nH]2)cc(C)c1C(N)=O. The molecular weight excluding hydrogens is 214 g/mol. The number of amides is 1. The van der Waals surface area contributed by atoms with Crippen molar-refractivity contribution in [3.63, 3.8) is 0 Å². The summed E-state index contributed by atoms with van der Waals surface area (Å²) in [6.45, 7) is 3.90. The van der Waals surface area contributed by atoms with Gasteiger partial charge in [0.1, 0.15) is 5.82 Å². The van der Waals surface area contributed by atoms with Crippen molar-refractivity contribution in [2.75, 3.05) is 0 Å². The molecule has 2 rings (SSSR count). The van der Waals surface area contributed by atoms with Crippen molar-refractivity contribution in [2.45, 2.75) is 20.3 Å². The van der Waals surface area contributed by atoms with Crippen LogP contribution >= 0.6 is 0 Å². The fourth-order valence-electron chi connectivity index (χ4n) is 2.05. The second kappa shape index (κ2) is 4.41. The van der Waals surface area contributed by atoms with Crippen LogP contribution in [0.4, 0.5) is 0 Å². The van der Waals surface area contributed by atoms with Crippen molar-refractivity contribution < 1.29 is 4.79 Å². The molecule has 3 N–H and O–H groups in total. The first-order chi connectivity index (χ1) is 8.13. The first-order valence-electron chi connectivity index (χ1n) is 5.56. The van der Waals surface area contributed by atoms with Crippen molar-refractivity contribution in [3.05, 3.63) is 41.2 Å². The molecule has 2 aromatic rings. The van der Waals surface area contributed by atoms with Crippen LogP contribution in [0.1, 0.15) is 28.4 Å². The lowest BCUT2D eigenvalue weighted by atomic mass is 9.96. The van der Waals surface area contributed by atoms with Gasteiger partial charge < -0.3 is 10.7 Å². The molecule has 0 spiro atoms. The lowest BCUT2D eigenvalue weighted by Crippen LogP contribution is -2.15. The molecule has 0 aliphatic rings. The maximum absolute atomic E-state index is 11.4. The average Bonchev–Trinajstić information content (AvgIpc) is 2.80. The van der Waals surface area contributed by atoms with Gasteiger partial charge in [0.2, 0.25) is 5.91 Å². The minimum absolute atomic E-state index is 0.370. The van der Waals surface area contributed by atoms with E-state index in [1.807, 2.05) is 26.0 Å². The monoisotopic (exact) mass is 229 g/mol. The third-order valence-electron chi connectivity index (χ3n) is 2.82. The summed E-state index contributed by atoms with van der Waals surface area (Å²) in [6.07, 6.45) is 4.25. The fraction of sp³-hybridized carbons (Fsp3) is 0.231. The molecule has 4 nitrogen and oxygen atoms in total. The molecule has 1 aromatic carbocycles. The third kappa shape index (κ3) is 2.06. The highest BCUT2D eigenvalue weighted by molar-refractivity contribution is 5.96. The second-order valence-corrected chi connectivity index (χ2v) is 3.98. The van der Waals surface area contributed by atoms with Crippen LogP contribution in [0.25, 0.3) is 11.4 Å². The molecule has 1 amide bonds. The molecule has 0 unspecified atom stereocenters. The summed E-state index contributed by atoms with van der Waals surface area (Å²) in [5, 5.41) is 0. The third-order valence-corrected chi connectivity index (χ3v) is 2.82. The summed E-state index contributed by atoms with van der Waals surface area (Å²) in [5.74, 6) is 0.434. The van der Waals surface area contributed by atoms with E-state index < -0.39 is 0 Å². The van der Waals surface area contributed by atoms with Crippen LogP contribution in [0.5, 0.6) is 0 Å². The molecule has 0 saturated carbocycles. The molecule has 1 heterocycles. The zero-order valence-electron chi connectivity index (χ0n) is 9.95. The normalized spacial score (nSPS) is 10.5. The van der Waals surface area contributed by atoms with Gasteiger partial charge in [-0.25, -0.2) is 4.98 Å². The van der Waals surface area contributed by atoms with Crippen molar-refractivity contribution >= 4 is 5.91 Å².